The fraction of sp³-hybridized carbons (Fsp3) is 0.286. The highest BCUT2D eigenvalue weighted by Gasteiger charge is 2.09. The first-order valence-corrected chi connectivity index (χ1v) is 6.70. The number of carboxylic acid groups (broad SMARTS) is 1. The first-order chi connectivity index (χ1) is 8.56. The fourth-order valence-corrected chi connectivity index (χ4v) is 2.49. The Morgan fingerprint density at radius 2 is 2.00 bits per heavy atom. The van der Waals surface area contributed by atoms with E-state index in [2.05, 4.69) is 43.1 Å². The molecule has 0 fully saturated rings. The Bertz CT molecular complexity index is 543. The second-order valence-electron chi connectivity index (χ2n) is 4.50. The zero-order chi connectivity index (χ0) is 13.1. The van der Waals surface area contributed by atoms with Crippen LogP contribution in [0.2, 0.25) is 0 Å². The lowest BCUT2D eigenvalue weighted by Gasteiger charge is -2.05. The molecule has 0 radical (unpaired) electrons. The second-order valence-corrected chi connectivity index (χ2v) is 5.45. The fourth-order valence-electron chi connectivity index (χ4n) is 1.69. The van der Waals surface area contributed by atoms with Gasteiger partial charge in [-0.1, -0.05) is 38.1 Å². The van der Waals surface area contributed by atoms with Crippen LogP contribution in [0.5, 0.6) is 0 Å². The summed E-state index contributed by atoms with van der Waals surface area (Å²) >= 11 is 1.39. The zero-order valence-electron chi connectivity index (χ0n) is 10.4. The molecule has 94 valence electrons. The molecule has 0 bridgehead atoms. The van der Waals surface area contributed by atoms with E-state index >= 15 is 0 Å². The summed E-state index contributed by atoms with van der Waals surface area (Å²) in [5.41, 5.74) is 2.60. The smallest absolute Gasteiger partial charge is 0.355 e. The second kappa shape index (κ2) is 5.31. The molecular weight excluding hydrogens is 246 g/mol. The van der Waals surface area contributed by atoms with Crippen LogP contribution in [0.3, 0.4) is 0 Å². The van der Waals surface area contributed by atoms with E-state index in [1.165, 1.54) is 16.9 Å². The molecule has 0 saturated carbocycles. The zero-order valence-corrected chi connectivity index (χ0v) is 11.2. The van der Waals surface area contributed by atoms with Gasteiger partial charge in [0.25, 0.3) is 0 Å². The molecule has 0 aliphatic carbocycles. The van der Waals surface area contributed by atoms with Crippen molar-refractivity contribution in [3.8, 4) is 0 Å². The summed E-state index contributed by atoms with van der Waals surface area (Å²) in [6.07, 6.45) is 0.691. The molecule has 1 aromatic heterocycles. The van der Waals surface area contributed by atoms with Gasteiger partial charge in [-0.3, -0.25) is 0 Å². The van der Waals surface area contributed by atoms with Gasteiger partial charge in [0.1, 0.15) is 0 Å². The van der Waals surface area contributed by atoms with Gasteiger partial charge in [-0.2, -0.15) is 0 Å². The molecule has 0 atom stereocenters. The van der Waals surface area contributed by atoms with E-state index in [-0.39, 0.29) is 5.69 Å². The van der Waals surface area contributed by atoms with Crippen LogP contribution in [0.1, 0.15) is 46.4 Å². The Labute approximate surface area is 110 Å². The number of carboxylic acids is 1. The summed E-state index contributed by atoms with van der Waals surface area (Å²) in [4.78, 5) is 14.8. The molecule has 2 rings (SSSR count). The van der Waals surface area contributed by atoms with Gasteiger partial charge in [0, 0.05) is 11.8 Å². The number of benzene rings is 1. The van der Waals surface area contributed by atoms with E-state index in [9.17, 15) is 4.79 Å². The van der Waals surface area contributed by atoms with Crippen molar-refractivity contribution in [2.45, 2.75) is 26.2 Å². The van der Waals surface area contributed by atoms with Crippen LogP contribution in [0.4, 0.5) is 0 Å². The van der Waals surface area contributed by atoms with Crippen LogP contribution in [0, 0.1) is 0 Å². The van der Waals surface area contributed by atoms with Gasteiger partial charge in [0.15, 0.2) is 5.69 Å². The van der Waals surface area contributed by atoms with Crippen molar-refractivity contribution in [3.63, 3.8) is 0 Å². The number of thiazole rings is 1. The average Bonchev–Trinajstić information content (AvgIpc) is 2.78. The van der Waals surface area contributed by atoms with Gasteiger partial charge in [-0.05, 0) is 17.0 Å². The van der Waals surface area contributed by atoms with Crippen molar-refractivity contribution >= 4 is 17.3 Å². The maximum Gasteiger partial charge on any atom is 0.355 e. The molecule has 0 unspecified atom stereocenters. The SMILES string of the molecule is CC(C)c1ccc(Cc2nc(C(=O)O)cs2)cc1. The van der Waals surface area contributed by atoms with Crippen LogP contribution in [0.25, 0.3) is 0 Å². The van der Waals surface area contributed by atoms with Crippen molar-refractivity contribution in [2.75, 3.05) is 0 Å². The largest absolute Gasteiger partial charge is 0.476 e. The van der Waals surface area contributed by atoms with E-state index in [1.807, 2.05) is 0 Å². The summed E-state index contributed by atoms with van der Waals surface area (Å²) in [5, 5.41) is 11.2. The standard InChI is InChI=1S/C14H15NO2S/c1-9(2)11-5-3-10(4-6-11)7-13-15-12(8-18-13)14(16)17/h3-6,8-9H,7H2,1-2H3,(H,16,17). The molecule has 4 heteroatoms. The average molecular weight is 261 g/mol. The highest BCUT2D eigenvalue weighted by Crippen LogP contribution is 2.18. The van der Waals surface area contributed by atoms with Gasteiger partial charge >= 0.3 is 5.97 Å². The monoisotopic (exact) mass is 261 g/mol. The van der Waals surface area contributed by atoms with Gasteiger partial charge in [-0.25, -0.2) is 9.78 Å². The number of hydrogen-bond donors (Lipinski definition) is 1. The lowest BCUT2D eigenvalue weighted by molar-refractivity contribution is 0.0691. The van der Waals surface area contributed by atoms with Crippen LogP contribution < -0.4 is 0 Å². The van der Waals surface area contributed by atoms with Crippen molar-refractivity contribution in [1.82, 2.24) is 4.98 Å². The lowest BCUT2D eigenvalue weighted by Crippen LogP contribution is -1.97. The molecule has 0 spiro atoms. The molecule has 2 aromatic rings. The van der Waals surface area contributed by atoms with Gasteiger partial charge in [0.05, 0.1) is 5.01 Å². The van der Waals surface area contributed by atoms with Crippen LogP contribution in [0.15, 0.2) is 29.6 Å². The molecule has 1 heterocycles. The Morgan fingerprint density at radius 3 is 2.50 bits per heavy atom. The van der Waals surface area contributed by atoms with Crippen molar-refractivity contribution in [1.29, 1.82) is 0 Å². The summed E-state index contributed by atoms with van der Waals surface area (Å²) in [7, 11) is 0. The minimum absolute atomic E-state index is 0.133. The van der Waals surface area contributed by atoms with Crippen molar-refractivity contribution in [3.05, 3.63) is 51.5 Å². The highest BCUT2D eigenvalue weighted by atomic mass is 32.1. The van der Waals surface area contributed by atoms with E-state index in [4.69, 9.17) is 5.11 Å². The third-order valence-electron chi connectivity index (χ3n) is 2.77. The van der Waals surface area contributed by atoms with Crippen LogP contribution in [-0.2, 0) is 6.42 Å². The van der Waals surface area contributed by atoms with Gasteiger partial charge < -0.3 is 5.11 Å². The number of aromatic nitrogens is 1. The first kappa shape index (κ1) is 12.8. The Kier molecular flexibility index (Phi) is 3.77. The Morgan fingerprint density at radius 1 is 1.33 bits per heavy atom. The molecule has 0 aliphatic heterocycles. The van der Waals surface area contributed by atoms with Crippen molar-refractivity contribution in [2.24, 2.45) is 0 Å². The first-order valence-electron chi connectivity index (χ1n) is 5.83. The van der Waals surface area contributed by atoms with E-state index in [0.717, 1.165) is 10.6 Å². The quantitative estimate of drug-likeness (QED) is 0.915. The Hall–Kier alpha value is -1.68. The Balaban J connectivity index is 2.10. The maximum absolute atomic E-state index is 10.7. The van der Waals surface area contributed by atoms with E-state index < -0.39 is 5.97 Å². The third-order valence-corrected chi connectivity index (χ3v) is 3.62. The summed E-state index contributed by atoms with van der Waals surface area (Å²) in [5.74, 6) is -0.440. The molecular formula is C14H15NO2S. The summed E-state index contributed by atoms with van der Waals surface area (Å²) in [6.45, 7) is 4.32. The number of rotatable bonds is 4. The highest BCUT2D eigenvalue weighted by molar-refractivity contribution is 7.09. The summed E-state index contributed by atoms with van der Waals surface area (Å²) in [6, 6.07) is 8.39. The number of nitrogens with zero attached hydrogens (tertiary/aromatic N) is 1. The number of carbonyl (C=O) groups is 1. The molecule has 0 aliphatic rings. The van der Waals surface area contributed by atoms with Crippen LogP contribution in [-0.4, -0.2) is 16.1 Å². The van der Waals surface area contributed by atoms with E-state index in [0.29, 0.717) is 12.3 Å². The van der Waals surface area contributed by atoms with Crippen molar-refractivity contribution < 1.29 is 9.90 Å². The van der Waals surface area contributed by atoms with Gasteiger partial charge in [-0.15, -0.1) is 11.3 Å². The van der Waals surface area contributed by atoms with E-state index in [1.54, 1.807) is 5.38 Å². The third kappa shape index (κ3) is 2.96. The molecule has 18 heavy (non-hydrogen) atoms. The number of hydrogen-bond acceptors (Lipinski definition) is 3. The number of aromatic carboxylic acids is 1. The maximum atomic E-state index is 10.7. The molecule has 0 saturated heterocycles. The predicted molar refractivity (Wildman–Crippen MR) is 72.4 cm³/mol. The minimum Gasteiger partial charge on any atom is -0.476 e. The molecule has 1 aromatic carbocycles. The summed E-state index contributed by atoms with van der Waals surface area (Å²) < 4.78 is 0. The van der Waals surface area contributed by atoms with Gasteiger partial charge in [0.2, 0.25) is 0 Å². The normalized spacial score (nSPS) is 10.8. The van der Waals surface area contributed by atoms with Crippen LogP contribution >= 0.6 is 11.3 Å². The topological polar surface area (TPSA) is 50.2 Å². The molecule has 1 N–H and O–H groups in total. The lowest BCUT2D eigenvalue weighted by atomic mass is 10.0. The minimum atomic E-state index is -0.965. The molecule has 0 amide bonds. The predicted octanol–water partition coefficient (Wildman–Crippen LogP) is 3.56. The molecule has 3 nitrogen and oxygen atoms in total.